The van der Waals surface area contributed by atoms with Crippen molar-refractivity contribution in [2.24, 2.45) is 0 Å². The normalized spacial score (nSPS) is 10.8. The number of hydrogen-bond acceptors (Lipinski definition) is 2. The number of benzene rings is 1. The van der Waals surface area contributed by atoms with E-state index in [0.29, 0.717) is 0 Å². The monoisotopic (exact) mass is 209 g/mol. The maximum Gasteiger partial charge on any atom is 0.148 e. The molecule has 0 bridgehead atoms. The first kappa shape index (κ1) is 9.09. The van der Waals surface area contributed by atoms with E-state index < -0.39 is 0 Å². The fourth-order valence-electron chi connectivity index (χ4n) is 1.87. The van der Waals surface area contributed by atoms with Gasteiger partial charge in [0.25, 0.3) is 0 Å². The molecule has 0 fully saturated rings. The lowest BCUT2D eigenvalue weighted by Crippen LogP contribution is -1.94. The van der Waals surface area contributed by atoms with Gasteiger partial charge in [-0.2, -0.15) is 0 Å². The van der Waals surface area contributed by atoms with Crippen LogP contribution in [-0.2, 0) is 0 Å². The van der Waals surface area contributed by atoms with Gasteiger partial charge in [0.2, 0.25) is 0 Å². The van der Waals surface area contributed by atoms with Gasteiger partial charge < -0.3 is 4.57 Å². The van der Waals surface area contributed by atoms with Crippen LogP contribution in [0.5, 0.6) is 0 Å². The van der Waals surface area contributed by atoms with Gasteiger partial charge in [0, 0.05) is 17.3 Å². The third kappa shape index (κ3) is 1.29. The Balaban J connectivity index is 2.30. The van der Waals surface area contributed by atoms with E-state index in [2.05, 4.69) is 32.7 Å². The third-order valence-electron chi connectivity index (χ3n) is 2.71. The summed E-state index contributed by atoms with van der Waals surface area (Å²) in [5.74, 6) is 0. The molecule has 0 aliphatic carbocycles. The summed E-state index contributed by atoms with van der Waals surface area (Å²) in [7, 11) is 0. The Hall–Kier alpha value is -2.16. The van der Waals surface area contributed by atoms with Crippen LogP contribution in [0.1, 0.15) is 5.69 Å². The Morgan fingerprint density at radius 3 is 2.62 bits per heavy atom. The molecule has 2 aromatic heterocycles. The van der Waals surface area contributed by atoms with Crippen LogP contribution in [0, 0.1) is 6.92 Å². The maximum absolute atomic E-state index is 4.33. The molecule has 0 aliphatic heterocycles. The molecule has 0 saturated carbocycles. The highest BCUT2D eigenvalue weighted by molar-refractivity contribution is 5.80. The molecule has 1 aromatic carbocycles. The predicted octanol–water partition coefficient (Wildman–Crippen LogP) is 2.73. The first-order chi connectivity index (χ1) is 7.86. The number of aryl methyl sites for hydroxylation is 1. The summed E-state index contributed by atoms with van der Waals surface area (Å²) in [4.78, 5) is 8.52. The fourth-order valence-corrected chi connectivity index (χ4v) is 1.87. The Labute approximate surface area is 93.4 Å². The average molecular weight is 209 g/mol. The minimum atomic E-state index is 0.957. The molecule has 0 unspecified atom stereocenters. The number of hydrogen-bond donors (Lipinski definition) is 0. The zero-order chi connectivity index (χ0) is 11.0. The molecule has 78 valence electrons. The van der Waals surface area contributed by atoms with Crippen molar-refractivity contribution in [2.75, 3.05) is 0 Å². The largest absolute Gasteiger partial charge is 0.301 e. The van der Waals surface area contributed by atoms with Gasteiger partial charge in [0.1, 0.15) is 12.0 Å². The zero-order valence-electron chi connectivity index (χ0n) is 8.96. The Morgan fingerprint density at radius 2 is 1.81 bits per heavy atom. The minimum Gasteiger partial charge on any atom is -0.301 e. The summed E-state index contributed by atoms with van der Waals surface area (Å²) in [5, 5.41) is 1.10. The second-order valence-electron chi connectivity index (χ2n) is 3.72. The highest BCUT2D eigenvalue weighted by Gasteiger charge is 2.05. The predicted molar refractivity (Wildman–Crippen MR) is 63.6 cm³/mol. The number of fused-ring (bicyclic) bond motifs is 1. The molecular weight excluding hydrogens is 198 g/mol. The van der Waals surface area contributed by atoms with Gasteiger partial charge in [0.05, 0.1) is 5.69 Å². The molecule has 3 rings (SSSR count). The van der Waals surface area contributed by atoms with Crippen LogP contribution in [0.3, 0.4) is 0 Å². The van der Waals surface area contributed by atoms with Crippen molar-refractivity contribution in [3.8, 4) is 5.69 Å². The van der Waals surface area contributed by atoms with Crippen molar-refractivity contribution in [1.29, 1.82) is 0 Å². The Kier molecular flexibility index (Phi) is 1.96. The van der Waals surface area contributed by atoms with E-state index >= 15 is 0 Å². The van der Waals surface area contributed by atoms with E-state index in [9.17, 15) is 0 Å². The van der Waals surface area contributed by atoms with Crippen molar-refractivity contribution in [2.45, 2.75) is 6.92 Å². The molecule has 16 heavy (non-hydrogen) atoms. The summed E-state index contributed by atoms with van der Waals surface area (Å²) in [6.45, 7) is 2.00. The quantitative estimate of drug-likeness (QED) is 0.617. The van der Waals surface area contributed by atoms with Crippen LogP contribution in [-0.4, -0.2) is 14.5 Å². The molecule has 0 saturated heterocycles. The molecule has 3 aromatic rings. The van der Waals surface area contributed by atoms with Crippen LogP contribution < -0.4 is 0 Å². The topological polar surface area (TPSA) is 30.7 Å². The Bertz CT molecular complexity index is 626. The standard InChI is InChI=1S/C13H11N3/c1-10-12-7-8-16(13(12)15-9-14-10)11-5-3-2-4-6-11/h2-9H,1H3. The van der Waals surface area contributed by atoms with E-state index in [1.165, 1.54) is 0 Å². The van der Waals surface area contributed by atoms with E-state index in [-0.39, 0.29) is 0 Å². The fraction of sp³-hybridized carbons (Fsp3) is 0.0769. The van der Waals surface area contributed by atoms with Gasteiger partial charge in [0.15, 0.2) is 0 Å². The first-order valence-electron chi connectivity index (χ1n) is 5.20. The summed E-state index contributed by atoms with van der Waals surface area (Å²) < 4.78 is 2.07. The van der Waals surface area contributed by atoms with Crippen molar-refractivity contribution < 1.29 is 0 Å². The van der Waals surface area contributed by atoms with Crippen LogP contribution >= 0.6 is 0 Å². The van der Waals surface area contributed by atoms with Gasteiger partial charge in [-0.25, -0.2) is 9.97 Å². The first-order valence-corrected chi connectivity index (χ1v) is 5.20. The summed E-state index contributed by atoms with van der Waals surface area (Å²) in [6, 6.07) is 12.2. The van der Waals surface area contributed by atoms with Crippen LogP contribution in [0.15, 0.2) is 48.9 Å². The molecule has 3 heteroatoms. The Morgan fingerprint density at radius 1 is 1.00 bits per heavy atom. The minimum absolute atomic E-state index is 0.957. The molecule has 2 heterocycles. The van der Waals surface area contributed by atoms with Gasteiger partial charge in [-0.15, -0.1) is 0 Å². The smallest absolute Gasteiger partial charge is 0.148 e. The lowest BCUT2D eigenvalue weighted by molar-refractivity contribution is 1.06. The second kappa shape index (κ2) is 3.45. The highest BCUT2D eigenvalue weighted by Crippen LogP contribution is 2.19. The lowest BCUT2D eigenvalue weighted by Gasteiger charge is -2.03. The molecule has 0 radical (unpaired) electrons. The summed E-state index contributed by atoms with van der Waals surface area (Å²) >= 11 is 0. The summed E-state index contributed by atoms with van der Waals surface area (Å²) in [6.07, 6.45) is 3.64. The number of para-hydroxylation sites is 1. The van der Waals surface area contributed by atoms with E-state index in [1.807, 2.05) is 31.3 Å². The van der Waals surface area contributed by atoms with Gasteiger partial charge in [-0.1, -0.05) is 18.2 Å². The molecule has 0 amide bonds. The number of rotatable bonds is 1. The molecule has 3 nitrogen and oxygen atoms in total. The average Bonchev–Trinajstić information content (AvgIpc) is 2.75. The van der Waals surface area contributed by atoms with Gasteiger partial charge >= 0.3 is 0 Å². The van der Waals surface area contributed by atoms with Crippen LogP contribution in [0.2, 0.25) is 0 Å². The van der Waals surface area contributed by atoms with E-state index in [1.54, 1.807) is 6.33 Å². The van der Waals surface area contributed by atoms with Crippen molar-refractivity contribution >= 4 is 11.0 Å². The van der Waals surface area contributed by atoms with Crippen LogP contribution in [0.4, 0.5) is 0 Å². The number of aromatic nitrogens is 3. The van der Waals surface area contributed by atoms with Crippen molar-refractivity contribution in [1.82, 2.24) is 14.5 Å². The summed E-state index contributed by atoms with van der Waals surface area (Å²) in [5.41, 5.74) is 3.09. The van der Waals surface area contributed by atoms with Crippen molar-refractivity contribution in [3.63, 3.8) is 0 Å². The van der Waals surface area contributed by atoms with Gasteiger partial charge in [-0.3, -0.25) is 0 Å². The maximum atomic E-state index is 4.33. The molecule has 0 atom stereocenters. The number of nitrogens with zero attached hydrogens (tertiary/aromatic N) is 3. The molecule has 0 N–H and O–H groups in total. The molecule has 0 spiro atoms. The zero-order valence-corrected chi connectivity index (χ0v) is 8.96. The molecule has 0 aliphatic rings. The van der Waals surface area contributed by atoms with Gasteiger partial charge in [-0.05, 0) is 25.1 Å². The van der Waals surface area contributed by atoms with E-state index in [0.717, 1.165) is 22.4 Å². The van der Waals surface area contributed by atoms with E-state index in [4.69, 9.17) is 0 Å². The molecular formula is C13H11N3. The SMILES string of the molecule is Cc1ncnc2c1ccn2-c1ccccc1. The third-order valence-corrected chi connectivity index (χ3v) is 2.71. The van der Waals surface area contributed by atoms with Crippen molar-refractivity contribution in [3.05, 3.63) is 54.6 Å². The second-order valence-corrected chi connectivity index (χ2v) is 3.72. The van der Waals surface area contributed by atoms with Crippen LogP contribution in [0.25, 0.3) is 16.7 Å². The lowest BCUT2D eigenvalue weighted by atomic mass is 10.3. The highest BCUT2D eigenvalue weighted by atomic mass is 15.0.